The molecule has 0 saturated carbocycles. The van der Waals surface area contributed by atoms with Crippen molar-refractivity contribution in [2.75, 3.05) is 38.8 Å². The van der Waals surface area contributed by atoms with Gasteiger partial charge in [-0.15, -0.1) is 0 Å². The lowest BCUT2D eigenvalue weighted by Crippen LogP contribution is -2.27. The molecule has 1 heterocycles. The van der Waals surface area contributed by atoms with Gasteiger partial charge >= 0.3 is 0 Å². The average molecular weight is 237 g/mol. The van der Waals surface area contributed by atoms with E-state index in [4.69, 9.17) is 4.74 Å². The molecule has 1 rings (SSSR count). The lowest BCUT2D eigenvalue weighted by atomic mass is 10.1. The Hall–Kier alpha value is -1.13. The van der Waals surface area contributed by atoms with Crippen molar-refractivity contribution in [3.8, 4) is 0 Å². The summed E-state index contributed by atoms with van der Waals surface area (Å²) in [6.45, 7) is 6.79. The summed E-state index contributed by atoms with van der Waals surface area (Å²) in [5, 5.41) is 3.20. The molecule has 17 heavy (non-hydrogen) atoms. The number of rotatable bonds is 7. The molecule has 0 aromatic carbocycles. The number of methoxy groups -OCH3 is 1. The van der Waals surface area contributed by atoms with Gasteiger partial charge in [0.25, 0.3) is 0 Å². The van der Waals surface area contributed by atoms with E-state index < -0.39 is 0 Å². The smallest absolute Gasteiger partial charge is 0.128 e. The second-order valence-corrected chi connectivity index (χ2v) is 4.03. The zero-order chi connectivity index (χ0) is 12.7. The van der Waals surface area contributed by atoms with E-state index in [1.54, 1.807) is 7.11 Å². The largest absolute Gasteiger partial charge is 0.383 e. The van der Waals surface area contributed by atoms with Gasteiger partial charge < -0.3 is 15.0 Å². The fraction of sp³-hybridized carbons (Fsp3) is 0.615. The molecule has 0 radical (unpaired) electrons. The Labute approximate surface area is 104 Å². The van der Waals surface area contributed by atoms with Crippen LogP contribution >= 0.6 is 0 Å². The quantitative estimate of drug-likeness (QED) is 0.785. The number of aromatic nitrogens is 1. The Morgan fingerprint density at radius 2 is 2.24 bits per heavy atom. The van der Waals surface area contributed by atoms with E-state index in [0.717, 1.165) is 25.5 Å². The van der Waals surface area contributed by atoms with Crippen LogP contribution in [0.1, 0.15) is 25.5 Å². The van der Waals surface area contributed by atoms with E-state index in [-0.39, 0.29) is 0 Å². The summed E-state index contributed by atoms with van der Waals surface area (Å²) >= 11 is 0. The molecular weight excluding hydrogens is 214 g/mol. The fourth-order valence-electron chi connectivity index (χ4n) is 1.64. The Morgan fingerprint density at radius 1 is 1.47 bits per heavy atom. The van der Waals surface area contributed by atoms with E-state index in [2.05, 4.69) is 41.2 Å². The van der Waals surface area contributed by atoms with Crippen LogP contribution in [0.15, 0.2) is 18.3 Å². The third-order valence-corrected chi connectivity index (χ3v) is 2.97. The molecule has 1 aromatic rings. The highest BCUT2D eigenvalue weighted by Gasteiger charge is 2.07. The van der Waals surface area contributed by atoms with E-state index in [0.29, 0.717) is 6.04 Å². The van der Waals surface area contributed by atoms with Crippen LogP contribution in [0.3, 0.4) is 0 Å². The van der Waals surface area contributed by atoms with Crippen molar-refractivity contribution >= 4 is 5.82 Å². The first-order chi connectivity index (χ1) is 8.22. The van der Waals surface area contributed by atoms with Crippen molar-refractivity contribution in [2.45, 2.75) is 19.9 Å². The third-order valence-electron chi connectivity index (χ3n) is 2.97. The maximum Gasteiger partial charge on any atom is 0.128 e. The summed E-state index contributed by atoms with van der Waals surface area (Å²) in [7, 11) is 3.68. The van der Waals surface area contributed by atoms with Gasteiger partial charge in [0.05, 0.1) is 6.61 Å². The van der Waals surface area contributed by atoms with Gasteiger partial charge in [0.15, 0.2) is 0 Å². The Balaban J connectivity index is 2.70. The molecule has 0 saturated heterocycles. The Morgan fingerprint density at radius 3 is 2.71 bits per heavy atom. The minimum absolute atomic E-state index is 0.339. The number of ether oxygens (including phenoxy) is 1. The first kappa shape index (κ1) is 13.9. The average Bonchev–Trinajstić information content (AvgIpc) is 2.39. The van der Waals surface area contributed by atoms with Gasteiger partial charge in [-0.25, -0.2) is 4.98 Å². The first-order valence-corrected chi connectivity index (χ1v) is 6.10. The molecule has 0 aliphatic carbocycles. The minimum atomic E-state index is 0.339. The molecule has 0 aliphatic heterocycles. The lowest BCUT2D eigenvalue weighted by Gasteiger charge is -2.22. The van der Waals surface area contributed by atoms with Crippen LogP contribution in [0.4, 0.5) is 5.82 Å². The van der Waals surface area contributed by atoms with Crippen LogP contribution in [0, 0.1) is 0 Å². The van der Waals surface area contributed by atoms with Crippen LogP contribution in [0.5, 0.6) is 0 Å². The molecule has 0 fully saturated rings. The molecule has 1 atom stereocenters. The number of hydrogen-bond acceptors (Lipinski definition) is 4. The second-order valence-electron chi connectivity index (χ2n) is 4.03. The normalized spacial score (nSPS) is 12.5. The van der Waals surface area contributed by atoms with Gasteiger partial charge in [-0.05, 0) is 32.5 Å². The summed E-state index contributed by atoms with van der Waals surface area (Å²) in [4.78, 5) is 6.71. The third kappa shape index (κ3) is 3.98. The van der Waals surface area contributed by atoms with Gasteiger partial charge in [0, 0.05) is 32.4 Å². The fourth-order valence-corrected chi connectivity index (χ4v) is 1.64. The summed E-state index contributed by atoms with van der Waals surface area (Å²) in [6, 6.07) is 4.53. The number of likely N-dealkylation sites (N-methyl/N-ethyl adjacent to an activating group) is 1. The Bertz CT molecular complexity index is 313. The first-order valence-electron chi connectivity index (χ1n) is 6.10. The molecule has 4 heteroatoms. The molecule has 0 bridgehead atoms. The lowest BCUT2D eigenvalue weighted by molar-refractivity contribution is 0.205. The SMILES string of the molecule is CCN(CCOC)c1ccc(C(C)NC)cn1. The van der Waals surface area contributed by atoms with Crippen molar-refractivity contribution in [1.29, 1.82) is 0 Å². The number of anilines is 1. The van der Waals surface area contributed by atoms with Crippen LogP contribution < -0.4 is 10.2 Å². The summed E-state index contributed by atoms with van der Waals surface area (Å²) < 4.78 is 5.10. The number of nitrogens with zero attached hydrogens (tertiary/aromatic N) is 2. The molecule has 0 spiro atoms. The predicted octanol–water partition coefficient (Wildman–Crippen LogP) is 1.83. The van der Waals surface area contributed by atoms with Crippen molar-refractivity contribution < 1.29 is 4.74 Å². The molecule has 1 N–H and O–H groups in total. The van der Waals surface area contributed by atoms with Crippen molar-refractivity contribution in [1.82, 2.24) is 10.3 Å². The summed E-state index contributed by atoms with van der Waals surface area (Å²) in [5.41, 5.74) is 1.21. The summed E-state index contributed by atoms with van der Waals surface area (Å²) in [5.74, 6) is 1.01. The number of nitrogens with one attached hydrogen (secondary N) is 1. The monoisotopic (exact) mass is 237 g/mol. The van der Waals surface area contributed by atoms with Gasteiger partial charge in [-0.2, -0.15) is 0 Å². The van der Waals surface area contributed by atoms with Crippen LogP contribution in [0.25, 0.3) is 0 Å². The zero-order valence-corrected chi connectivity index (χ0v) is 11.2. The van der Waals surface area contributed by atoms with Gasteiger partial charge in [0.1, 0.15) is 5.82 Å². The molecule has 1 unspecified atom stereocenters. The standard InChI is InChI=1S/C13H23N3O/c1-5-16(8-9-17-4)13-7-6-12(10-15-13)11(2)14-3/h6-7,10-11,14H,5,8-9H2,1-4H3. The van der Waals surface area contributed by atoms with E-state index in [9.17, 15) is 0 Å². The highest BCUT2D eigenvalue weighted by atomic mass is 16.5. The van der Waals surface area contributed by atoms with E-state index in [1.807, 2.05) is 13.2 Å². The highest BCUT2D eigenvalue weighted by Crippen LogP contribution is 2.15. The maximum atomic E-state index is 5.10. The summed E-state index contributed by atoms with van der Waals surface area (Å²) in [6.07, 6.45) is 1.94. The van der Waals surface area contributed by atoms with Gasteiger partial charge in [-0.3, -0.25) is 0 Å². The highest BCUT2D eigenvalue weighted by molar-refractivity contribution is 5.39. The Kier molecular flexibility index (Phi) is 5.94. The predicted molar refractivity (Wildman–Crippen MR) is 71.5 cm³/mol. The van der Waals surface area contributed by atoms with Gasteiger partial charge in [0.2, 0.25) is 0 Å². The maximum absolute atomic E-state index is 5.10. The molecule has 4 nitrogen and oxygen atoms in total. The van der Waals surface area contributed by atoms with Crippen LogP contribution in [-0.4, -0.2) is 38.8 Å². The second kappa shape index (κ2) is 7.25. The van der Waals surface area contributed by atoms with E-state index in [1.165, 1.54) is 5.56 Å². The van der Waals surface area contributed by atoms with Crippen molar-refractivity contribution in [3.05, 3.63) is 23.9 Å². The number of hydrogen-bond donors (Lipinski definition) is 1. The zero-order valence-electron chi connectivity index (χ0n) is 11.2. The number of pyridine rings is 1. The van der Waals surface area contributed by atoms with Crippen molar-refractivity contribution in [3.63, 3.8) is 0 Å². The van der Waals surface area contributed by atoms with Crippen molar-refractivity contribution in [2.24, 2.45) is 0 Å². The molecule has 0 aliphatic rings. The van der Waals surface area contributed by atoms with Crippen LogP contribution in [0.2, 0.25) is 0 Å². The molecule has 0 amide bonds. The van der Waals surface area contributed by atoms with Crippen LogP contribution in [-0.2, 0) is 4.74 Å². The molecule has 1 aromatic heterocycles. The minimum Gasteiger partial charge on any atom is -0.383 e. The molecule has 96 valence electrons. The van der Waals surface area contributed by atoms with Gasteiger partial charge in [-0.1, -0.05) is 6.07 Å². The topological polar surface area (TPSA) is 37.4 Å². The van der Waals surface area contributed by atoms with E-state index >= 15 is 0 Å². The molecular formula is C13H23N3O.